The number of rotatable bonds is 0. The highest BCUT2D eigenvalue weighted by Gasteiger charge is 2.53. The van der Waals surface area contributed by atoms with Crippen molar-refractivity contribution in [3.8, 4) is 0 Å². The highest BCUT2D eigenvalue weighted by atomic mass is 16.6. The molecule has 1 aliphatic heterocycles. The Morgan fingerprint density at radius 1 is 1.44 bits per heavy atom. The SMILES string of the molecule is C[C@@H]1CC12CCCN(C(=O)OC(C)(C)C)C2. The Morgan fingerprint density at radius 3 is 2.56 bits per heavy atom. The maximum absolute atomic E-state index is 11.9. The first-order valence-corrected chi connectivity index (χ1v) is 6.30. The molecule has 0 N–H and O–H groups in total. The van der Waals surface area contributed by atoms with Crippen LogP contribution in [-0.4, -0.2) is 29.7 Å². The molecule has 0 radical (unpaired) electrons. The van der Waals surface area contributed by atoms with Gasteiger partial charge >= 0.3 is 6.09 Å². The molecule has 1 unspecified atom stereocenters. The predicted octanol–water partition coefficient (Wildman–Crippen LogP) is 3.04. The van der Waals surface area contributed by atoms with E-state index in [2.05, 4.69) is 6.92 Å². The molecule has 0 aromatic heterocycles. The van der Waals surface area contributed by atoms with Gasteiger partial charge in [0.15, 0.2) is 0 Å². The molecule has 1 spiro atoms. The van der Waals surface area contributed by atoms with Crippen molar-refractivity contribution >= 4 is 6.09 Å². The largest absolute Gasteiger partial charge is 0.444 e. The van der Waals surface area contributed by atoms with Crippen molar-refractivity contribution in [2.45, 2.75) is 52.6 Å². The maximum atomic E-state index is 11.9. The molecular formula is C13H23NO2. The minimum absolute atomic E-state index is 0.134. The summed E-state index contributed by atoms with van der Waals surface area (Å²) in [5, 5.41) is 0. The van der Waals surface area contributed by atoms with Gasteiger partial charge in [-0.2, -0.15) is 0 Å². The number of carbonyl (C=O) groups is 1. The van der Waals surface area contributed by atoms with Crippen LogP contribution in [0.1, 0.15) is 47.0 Å². The van der Waals surface area contributed by atoms with Gasteiger partial charge in [0.05, 0.1) is 0 Å². The third-order valence-corrected chi connectivity index (χ3v) is 3.86. The molecule has 16 heavy (non-hydrogen) atoms. The lowest BCUT2D eigenvalue weighted by atomic mass is 9.93. The fourth-order valence-corrected chi connectivity index (χ4v) is 2.76. The van der Waals surface area contributed by atoms with Gasteiger partial charge in [-0.3, -0.25) is 0 Å². The monoisotopic (exact) mass is 225 g/mol. The first-order valence-electron chi connectivity index (χ1n) is 6.30. The lowest BCUT2D eigenvalue weighted by molar-refractivity contribution is 0.0138. The smallest absolute Gasteiger partial charge is 0.410 e. The van der Waals surface area contributed by atoms with E-state index >= 15 is 0 Å². The van der Waals surface area contributed by atoms with Crippen molar-refractivity contribution in [3.05, 3.63) is 0 Å². The number of likely N-dealkylation sites (tertiary alicyclic amines) is 1. The summed E-state index contributed by atoms with van der Waals surface area (Å²) in [4.78, 5) is 13.8. The minimum Gasteiger partial charge on any atom is -0.444 e. The Balaban J connectivity index is 1.92. The average Bonchev–Trinajstić information content (AvgIpc) is 2.73. The van der Waals surface area contributed by atoms with Crippen LogP contribution >= 0.6 is 0 Å². The van der Waals surface area contributed by atoms with E-state index in [-0.39, 0.29) is 11.7 Å². The minimum atomic E-state index is -0.378. The summed E-state index contributed by atoms with van der Waals surface area (Å²) in [6.07, 6.45) is 3.56. The zero-order valence-electron chi connectivity index (χ0n) is 10.9. The molecule has 2 aliphatic rings. The number of piperidine rings is 1. The van der Waals surface area contributed by atoms with Gasteiger partial charge in [0.2, 0.25) is 0 Å². The van der Waals surface area contributed by atoms with E-state index in [0.717, 1.165) is 25.4 Å². The van der Waals surface area contributed by atoms with Crippen LogP contribution in [0.3, 0.4) is 0 Å². The predicted molar refractivity (Wildman–Crippen MR) is 63.3 cm³/mol. The third-order valence-electron chi connectivity index (χ3n) is 3.86. The zero-order valence-corrected chi connectivity index (χ0v) is 10.9. The Hall–Kier alpha value is -0.730. The van der Waals surface area contributed by atoms with Gasteiger partial charge in [0, 0.05) is 13.1 Å². The molecule has 0 aromatic carbocycles. The van der Waals surface area contributed by atoms with Crippen molar-refractivity contribution in [1.29, 1.82) is 0 Å². The van der Waals surface area contributed by atoms with Gasteiger partial charge in [-0.05, 0) is 51.4 Å². The summed E-state index contributed by atoms with van der Waals surface area (Å²) >= 11 is 0. The number of nitrogens with zero attached hydrogens (tertiary/aromatic N) is 1. The van der Waals surface area contributed by atoms with Crippen LogP contribution in [0.4, 0.5) is 4.79 Å². The highest BCUT2D eigenvalue weighted by molar-refractivity contribution is 5.68. The molecule has 1 saturated carbocycles. The molecule has 1 amide bonds. The molecule has 3 nitrogen and oxygen atoms in total. The second-order valence-electron chi connectivity index (χ2n) is 6.47. The van der Waals surface area contributed by atoms with Gasteiger partial charge < -0.3 is 9.64 Å². The second-order valence-corrected chi connectivity index (χ2v) is 6.47. The zero-order chi connectivity index (χ0) is 12.0. The number of hydrogen-bond acceptors (Lipinski definition) is 2. The van der Waals surface area contributed by atoms with Crippen LogP contribution in [0, 0.1) is 11.3 Å². The lowest BCUT2D eigenvalue weighted by Gasteiger charge is -2.34. The van der Waals surface area contributed by atoms with E-state index in [1.807, 2.05) is 25.7 Å². The molecular weight excluding hydrogens is 202 g/mol. The van der Waals surface area contributed by atoms with Gasteiger partial charge in [-0.15, -0.1) is 0 Å². The highest BCUT2D eigenvalue weighted by Crippen LogP contribution is 2.57. The summed E-state index contributed by atoms with van der Waals surface area (Å²) in [5.41, 5.74) is 0.0615. The topological polar surface area (TPSA) is 29.5 Å². The van der Waals surface area contributed by atoms with Crippen molar-refractivity contribution in [1.82, 2.24) is 4.90 Å². The summed E-state index contributed by atoms with van der Waals surface area (Å²) in [7, 11) is 0. The lowest BCUT2D eigenvalue weighted by Crippen LogP contribution is -2.44. The standard InChI is InChI=1S/C13H23NO2/c1-10-8-13(10)6-5-7-14(9-13)11(15)16-12(2,3)4/h10H,5-9H2,1-4H3/t10-,13?/m1/s1. The molecule has 2 fully saturated rings. The Kier molecular flexibility index (Phi) is 2.67. The van der Waals surface area contributed by atoms with E-state index < -0.39 is 0 Å². The van der Waals surface area contributed by atoms with Crippen molar-refractivity contribution in [3.63, 3.8) is 0 Å². The quantitative estimate of drug-likeness (QED) is 0.634. The van der Waals surface area contributed by atoms with E-state index in [9.17, 15) is 4.79 Å². The summed E-state index contributed by atoms with van der Waals surface area (Å²) in [6, 6.07) is 0. The van der Waals surface area contributed by atoms with E-state index in [0.29, 0.717) is 5.41 Å². The van der Waals surface area contributed by atoms with Crippen molar-refractivity contribution in [2.75, 3.05) is 13.1 Å². The fraction of sp³-hybridized carbons (Fsp3) is 0.923. The van der Waals surface area contributed by atoms with Crippen LogP contribution in [0.5, 0.6) is 0 Å². The molecule has 0 aromatic rings. The average molecular weight is 225 g/mol. The first-order chi connectivity index (χ1) is 7.32. The van der Waals surface area contributed by atoms with E-state index in [1.54, 1.807) is 0 Å². The maximum Gasteiger partial charge on any atom is 0.410 e. The number of hydrogen-bond donors (Lipinski definition) is 0. The fourth-order valence-electron chi connectivity index (χ4n) is 2.76. The molecule has 2 rings (SSSR count). The molecule has 1 heterocycles. The Labute approximate surface area is 98.1 Å². The Bertz CT molecular complexity index is 295. The Morgan fingerprint density at radius 2 is 2.06 bits per heavy atom. The first kappa shape index (κ1) is 11.7. The van der Waals surface area contributed by atoms with Gasteiger partial charge in [-0.25, -0.2) is 4.79 Å². The number of carbonyl (C=O) groups excluding carboxylic acids is 1. The van der Waals surface area contributed by atoms with Gasteiger partial charge in [0.25, 0.3) is 0 Å². The summed E-state index contributed by atoms with van der Waals surface area (Å²) < 4.78 is 5.42. The van der Waals surface area contributed by atoms with E-state index in [1.165, 1.54) is 12.8 Å². The second kappa shape index (κ2) is 3.64. The normalized spacial score (nSPS) is 34.0. The van der Waals surface area contributed by atoms with Crippen LogP contribution in [0.15, 0.2) is 0 Å². The van der Waals surface area contributed by atoms with E-state index in [4.69, 9.17) is 4.74 Å². The molecule has 92 valence electrons. The summed E-state index contributed by atoms with van der Waals surface area (Å²) in [5.74, 6) is 0.790. The third kappa shape index (κ3) is 2.33. The van der Waals surface area contributed by atoms with Crippen LogP contribution in [0.2, 0.25) is 0 Å². The van der Waals surface area contributed by atoms with Crippen LogP contribution in [-0.2, 0) is 4.74 Å². The van der Waals surface area contributed by atoms with Gasteiger partial charge in [-0.1, -0.05) is 6.92 Å². The molecule has 1 saturated heterocycles. The molecule has 3 heteroatoms. The van der Waals surface area contributed by atoms with Crippen LogP contribution < -0.4 is 0 Å². The number of ether oxygens (including phenoxy) is 1. The molecule has 2 atom stereocenters. The molecule has 0 bridgehead atoms. The number of amides is 1. The summed E-state index contributed by atoms with van der Waals surface area (Å²) in [6.45, 7) is 9.82. The van der Waals surface area contributed by atoms with Gasteiger partial charge in [0.1, 0.15) is 5.60 Å². The van der Waals surface area contributed by atoms with Crippen molar-refractivity contribution in [2.24, 2.45) is 11.3 Å². The van der Waals surface area contributed by atoms with Crippen LogP contribution in [0.25, 0.3) is 0 Å². The molecule has 1 aliphatic carbocycles. The van der Waals surface area contributed by atoms with Crippen molar-refractivity contribution < 1.29 is 9.53 Å².